The zero-order chi connectivity index (χ0) is 22.0. The molecule has 29 heavy (non-hydrogen) atoms. The average Bonchev–Trinajstić information content (AvgIpc) is 2.78. The van der Waals surface area contributed by atoms with Gasteiger partial charge in [0.15, 0.2) is 6.10 Å². The number of aliphatic hydroxyl groups excluding tert-OH is 1. The van der Waals surface area contributed by atoms with Crippen molar-refractivity contribution in [2.24, 2.45) is 0 Å². The normalized spacial score (nSPS) is 23.4. The van der Waals surface area contributed by atoms with Crippen LogP contribution in [0, 0.1) is 0 Å². The number of rotatable bonds is 5. The molecule has 1 fully saturated rings. The van der Waals surface area contributed by atoms with Gasteiger partial charge in [-0.05, 0) is 26.8 Å². The van der Waals surface area contributed by atoms with Crippen LogP contribution in [0.15, 0.2) is 17.1 Å². The van der Waals surface area contributed by atoms with Gasteiger partial charge in [-0.2, -0.15) is 13.8 Å². The molecule has 0 spiro atoms. The number of carbonyl (C=O) groups is 2. The van der Waals surface area contributed by atoms with Crippen molar-refractivity contribution in [2.45, 2.75) is 57.2 Å². The second kappa shape index (κ2) is 8.29. The van der Waals surface area contributed by atoms with Crippen molar-refractivity contribution in [2.75, 3.05) is 11.9 Å². The first-order valence-electron chi connectivity index (χ1n) is 8.44. The molecule has 2 rings (SSSR count). The number of aromatic nitrogens is 2. The molecule has 1 aromatic heterocycles. The average molecular weight is 421 g/mol. The van der Waals surface area contributed by atoms with Gasteiger partial charge in [-0.3, -0.25) is 9.88 Å². The molecule has 3 atom stereocenters. The fourth-order valence-corrected chi connectivity index (χ4v) is 2.57. The van der Waals surface area contributed by atoms with Crippen molar-refractivity contribution in [3.05, 3.63) is 22.7 Å². The lowest BCUT2D eigenvalue weighted by Crippen LogP contribution is -2.46. The molecule has 0 bridgehead atoms. The zero-order valence-electron chi connectivity index (χ0n) is 15.8. The van der Waals surface area contributed by atoms with Crippen molar-refractivity contribution in [1.82, 2.24) is 9.55 Å². The quantitative estimate of drug-likeness (QED) is 0.593. The minimum absolute atomic E-state index is 0.280. The summed E-state index contributed by atoms with van der Waals surface area (Å²) >= 11 is 0. The molecule has 0 saturated carbocycles. The first-order valence-corrected chi connectivity index (χ1v) is 8.44. The van der Waals surface area contributed by atoms with Gasteiger partial charge < -0.3 is 24.4 Å². The lowest BCUT2D eigenvalue weighted by molar-refractivity contribution is -0.132. The van der Waals surface area contributed by atoms with E-state index in [9.17, 15) is 28.3 Å². The van der Waals surface area contributed by atoms with Crippen LogP contribution in [0.3, 0.4) is 0 Å². The van der Waals surface area contributed by atoms with Crippen molar-refractivity contribution >= 4 is 18.1 Å². The maximum atomic E-state index is 14.8. The van der Waals surface area contributed by atoms with Gasteiger partial charge in [-0.25, -0.2) is 14.4 Å². The van der Waals surface area contributed by atoms with E-state index in [0.717, 1.165) is 16.8 Å². The zero-order valence-corrected chi connectivity index (χ0v) is 15.8. The Labute approximate surface area is 163 Å². The minimum Gasteiger partial charge on any atom is -0.465 e. The van der Waals surface area contributed by atoms with Crippen LogP contribution in [-0.4, -0.2) is 68.5 Å². The van der Waals surface area contributed by atoms with Gasteiger partial charge in [0.2, 0.25) is 0 Å². The highest BCUT2D eigenvalue weighted by Crippen LogP contribution is 2.39. The predicted octanol–water partition coefficient (Wildman–Crippen LogP) is 1.05. The van der Waals surface area contributed by atoms with Gasteiger partial charge in [-0.1, -0.05) is 0 Å². The van der Waals surface area contributed by atoms with Gasteiger partial charge >= 0.3 is 23.9 Å². The number of halogens is 2. The third-order valence-electron chi connectivity index (χ3n) is 3.75. The Bertz CT molecular complexity index is 823. The van der Waals surface area contributed by atoms with Crippen LogP contribution in [0.5, 0.6) is 0 Å². The summed E-state index contributed by atoms with van der Waals surface area (Å²) in [6.45, 7) is 3.01. The monoisotopic (exact) mass is 421 g/mol. The van der Waals surface area contributed by atoms with Gasteiger partial charge in [0.05, 0.1) is 13.2 Å². The van der Waals surface area contributed by atoms with Crippen LogP contribution >= 0.6 is 0 Å². The lowest BCUT2D eigenvalue weighted by Gasteiger charge is -2.25. The van der Waals surface area contributed by atoms with Crippen LogP contribution in [0.4, 0.5) is 24.2 Å². The Morgan fingerprint density at radius 2 is 2.07 bits per heavy atom. The maximum absolute atomic E-state index is 14.8. The first-order chi connectivity index (χ1) is 13.3. The van der Waals surface area contributed by atoms with Crippen LogP contribution in [0.1, 0.15) is 20.8 Å². The molecule has 1 aliphatic rings. The molecule has 0 aliphatic carbocycles. The van der Waals surface area contributed by atoms with Crippen LogP contribution < -0.4 is 11.0 Å². The molecular formula is C16H21F2N3O8. The standard InChI is InChI=1S/C16H21F2N3O8/c1-15(2,3)29-14(26)28-11-8(7-22)27-9(16(11,17)18)6-21-5-4-10(19-12(21)23)20-13(24)25/h4-5,8-9,11,22H,6-7H2,1-3H3,(H,24,25)(H,19,20,23). The van der Waals surface area contributed by atoms with E-state index in [1.807, 2.05) is 5.32 Å². The molecule has 1 aliphatic heterocycles. The van der Waals surface area contributed by atoms with Crippen LogP contribution in [0.2, 0.25) is 0 Å². The van der Waals surface area contributed by atoms with E-state index in [2.05, 4.69) is 4.98 Å². The van der Waals surface area contributed by atoms with E-state index >= 15 is 0 Å². The largest absolute Gasteiger partial charge is 0.509 e. The van der Waals surface area contributed by atoms with E-state index in [-0.39, 0.29) is 5.82 Å². The lowest BCUT2D eigenvalue weighted by atomic mass is 10.1. The fraction of sp³-hybridized carbons (Fsp3) is 0.625. The number of nitrogens with one attached hydrogen (secondary N) is 1. The van der Waals surface area contributed by atoms with Gasteiger partial charge in [0, 0.05) is 6.20 Å². The molecule has 0 aromatic carbocycles. The number of alkyl halides is 2. The number of anilines is 1. The summed E-state index contributed by atoms with van der Waals surface area (Å²) in [6.07, 6.45) is -7.36. The summed E-state index contributed by atoms with van der Waals surface area (Å²) < 4.78 is 45.0. The number of carboxylic acid groups (broad SMARTS) is 1. The van der Waals surface area contributed by atoms with Crippen LogP contribution in [-0.2, 0) is 20.8 Å². The molecule has 13 heteroatoms. The number of ether oxygens (including phenoxy) is 3. The molecule has 11 nitrogen and oxygen atoms in total. The number of nitrogens with zero attached hydrogens (tertiary/aromatic N) is 2. The summed E-state index contributed by atoms with van der Waals surface area (Å²) in [7, 11) is 0. The third kappa shape index (κ3) is 5.60. The van der Waals surface area contributed by atoms with Crippen molar-refractivity contribution in [3.63, 3.8) is 0 Å². The number of hydrogen-bond donors (Lipinski definition) is 3. The summed E-state index contributed by atoms with van der Waals surface area (Å²) in [5.41, 5.74) is -1.99. The van der Waals surface area contributed by atoms with E-state index in [4.69, 9.17) is 19.3 Å². The molecular weight excluding hydrogens is 400 g/mol. The van der Waals surface area contributed by atoms with E-state index < -0.39 is 60.9 Å². The topological polar surface area (TPSA) is 149 Å². The molecule has 0 radical (unpaired) electrons. The van der Waals surface area contributed by atoms with Crippen molar-refractivity contribution in [3.8, 4) is 0 Å². The second-order valence-electron chi connectivity index (χ2n) is 7.20. The SMILES string of the molecule is CC(C)(C)OC(=O)OC1C(CO)OC(Cn2ccc(NC(=O)O)nc2=O)C1(F)F. The van der Waals surface area contributed by atoms with E-state index in [1.54, 1.807) is 0 Å². The Kier molecular flexibility index (Phi) is 6.43. The third-order valence-corrected chi connectivity index (χ3v) is 3.75. The number of carbonyl (C=O) groups excluding carboxylic acids is 1. The Balaban J connectivity index is 2.17. The van der Waals surface area contributed by atoms with Gasteiger partial charge in [0.1, 0.15) is 23.6 Å². The van der Waals surface area contributed by atoms with Gasteiger partial charge in [-0.15, -0.1) is 0 Å². The molecule has 3 unspecified atom stereocenters. The number of hydrogen-bond acceptors (Lipinski definition) is 8. The summed E-state index contributed by atoms with van der Waals surface area (Å²) in [5, 5.41) is 19.8. The fourth-order valence-electron chi connectivity index (χ4n) is 2.57. The number of aliphatic hydroxyl groups is 1. The summed E-state index contributed by atoms with van der Waals surface area (Å²) in [6, 6.07) is 1.10. The maximum Gasteiger partial charge on any atom is 0.509 e. The molecule has 162 valence electrons. The minimum atomic E-state index is -3.76. The summed E-state index contributed by atoms with van der Waals surface area (Å²) in [5.74, 6) is -4.04. The van der Waals surface area contributed by atoms with E-state index in [1.165, 1.54) is 20.8 Å². The Morgan fingerprint density at radius 1 is 1.41 bits per heavy atom. The highest BCUT2D eigenvalue weighted by Gasteiger charge is 2.61. The van der Waals surface area contributed by atoms with Crippen molar-refractivity contribution < 1.29 is 42.8 Å². The highest BCUT2D eigenvalue weighted by atomic mass is 19.3. The second-order valence-corrected chi connectivity index (χ2v) is 7.20. The smallest absolute Gasteiger partial charge is 0.465 e. The molecule has 2 heterocycles. The Morgan fingerprint density at radius 3 is 2.59 bits per heavy atom. The predicted molar refractivity (Wildman–Crippen MR) is 91.9 cm³/mol. The van der Waals surface area contributed by atoms with Crippen LogP contribution in [0.25, 0.3) is 0 Å². The molecule has 1 saturated heterocycles. The number of amides is 1. The van der Waals surface area contributed by atoms with Crippen molar-refractivity contribution in [1.29, 1.82) is 0 Å². The summed E-state index contributed by atoms with van der Waals surface area (Å²) in [4.78, 5) is 37.7. The highest BCUT2D eigenvalue weighted by molar-refractivity contribution is 5.81. The molecule has 1 aromatic rings. The Hall–Kier alpha value is -2.80. The molecule has 3 N–H and O–H groups in total. The van der Waals surface area contributed by atoms with E-state index in [0.29, 0.717) is 0 Å². The molecule has 1 amide bonds. The van der Waals surface area contributed by atoms with Gasteiger partial charge in [0.25, 0.3) is 0 Å². The first kappa shape index (κ1) is 22.5.